The molecule has 0 aliphatic carbocycles. The zero-order valence-electron chi connectivity index (χ0n) is 13.0. The van der Waals surface area contributed by atoms with Crippen LogP contribution in [0.4, 0.5) is 0 Å². The normalized spacial score (nSPS) is 26.9. The van der Waals surface area contributed by atoms with Crippen LogP contribution in [0, 0.1) is 5.92 Å². The third kappa shape index (κ3) is 3.55. The van der Waals surface area contributed by atoms with Crippen molar-refractivity contribution in [2.45, 2.75) is 44.6 Å². The number of nitrogens with one attached hydrogen (secondary N) is 1. The van der Waals surface area contributed by atoms with Crippen LogP contribution < -0.4 is 5.32 Å². The van der Waals surface area contributed by atoms with Crippen LogP contribution in [-0.4, -0.2) is 39.1 Å². The highest BCUT2D eigenvalue weighted by Gasteiger charge is 2.42. The molecule has 2 rings (SSSR count). The maximum atomic E-state index is 12.7. The monoisotopic (exact) mass is 328 g/mol. The molecule has 0 aromatic carbocycles. The summed E-state index contributed by atoms with van der Waals surface area (Å²) in [6.07, 6.45) is 2.58. The molecule has 1 aliphatic heterocycles. The first kappa shape index (κ1) is 16.6. The van der Waals surface area contributed by atoms with Gasteiger partial charge in [0.2, 0.25) is 5.91 Å². The average molecular weight is 329 g/mol. The van der Waals surface area contributed by atoms with Gasteiger partial charge in [0, 0.05) is 33.7 Å². The van der Waals surface area contributed by atoms with Crippen LogP contribution in [0.25, 0.3) is 0 Å². The molecule has 1 saturated heterocycles. The second-order valence-corrected chi connectivity index (χ2v) is 8.53. The van der Waals surface area contributed by atoms with Gasteiger partial charge in [-0.1, -0.05) is 26.3 Å². The molecule has 5 atom stereocenters. The molecule has 1 amide bonds. The molecule has 1 fully saturated rings. The summed E-state index contributed by atoms with van der Waals surface area (Å²) in [5.41, 5.74) is 0. The largest absolute Gasteiger partial charge is 0.320 e. The van der Waals surface area contributed by atoms with Crippen molar-refractivity contribution in [2.24, 2.45) is 5.92 Å². The highest BCUT2D eigenvalue weighted by atomic mass is 32.2. The van der Waals surface area contributed by atoms with Gasteiger partial charge in [-0.05, 0) is 24.3 Å². The second-order valence-electron chi connectivity index (χ2n) is 5.75. The van der Waals surface area contributed by atoms with Crippen molar-refractivity contribution in [3.63, 3.8) is 0 Å². The van der Waals surface area contributed by atoms with Gasteiger partial charge in [0.05, 0.1) is 6.04 Å². The lowest BCUT2D eigenvalue weighted by molar-refractivity contribution is -0.130. The molecule has 1 aromatic rings. The number of nitrogens with zero attached hydrogens (tertiary/aromatic N) is 1. The van der Waals surface area contributed by atoms with Crippen LogP contribution in [0.3, 0.4) is 0 Å². The molecule has 0 radical (unpaired) electrons. The number of hydrogen-bond donors (Lipinski definition) is 1. The van der Waals surface area contributed by atoms with Crippen LogP contribution in [-0.2, 0) is 15.6 Å². The van der Waals surface area contributed by atoms with Crippen molar-refractivity contribution >= 4 is 28.0 Å². The van der Waals surface area contributed by atoms with E-state index in [4.69, 9.17) is 0 Å². The molecule has 1 N–H and O–H groups in total. The molecule has 5 unspecified atom stereocenters. The van der Waals surface area contributed by atoms with Gasteiger partial charge in [-0.2, -0.15) is 0 Å². The molecule has 1 aromatic heterocycles. The Morgan fingerprint density at radius 2 is 2.19 bits per heavy atom. The molecule has 0 saturated carbocycles. The first-order valence-corrected chi connectivity index (χ1v) is 9.88. The van der Waals surface area contributed by atoms with Crippen molar-refractivity contribution < 1.29 is 9.00 Å². The van der Waals surface area contributed by atoms with Gasteiger partial charge < -0.3 is 4.90 Å². The minimum absolute atomic E-state index is 0.0195. The van der Waals surface area contributed by atoms with Crippen molar-refractivity contribution in [3.8, 4) is 0 Å². The van der Waals surface area contributed by atoms with E-state index < -0.39 is 10.8 Å². The summed E-state index contributed by atoms with van der Waals surface area (Å²) < 4.78 is 11.7. The van der Waals surface area contributed by atoms with E-state index in [1.807, 2.05) is 23.3 Å². The third-order valence-electron chi connectivity index (χ3n) is 4.24. The van der Waals surface area contributed by atoms with Gasteiger partial charge in [0.15, 0.2) is 0 Å². The van der Waals surface area contributed by atoms with E-state index in [0.29, 0.717) is 12.5 Å². The van der Waals surface area contributed by atoms with Gasteiger partial charge in [0.25, 0.3) is 0 Å². The fraction of sp³-hybridized carbons (Fsp3) is 0.667. The Bertz CT molecular complexity index is 504. The van der Waals surface area contributed by atoms with Gasteiger partial charge in [-0.25, -0.2) is 0 Å². The fourth-order valence-corrected chi connectivity index (χ4v) is 3.71. The Kier molecular flexibility index (Phi) is 5.57. The second kappa shape index (κ2) is 7.03. The van der Waals surface area contributed by atoms with E-state index in [-0.39, 0.29) is 23.4 Å². The smallest absolute Gasteiger partial charge is 0.241 e. The molecular weight excluding hydrogens is 304 g/mol. The molecule has 6 heteroatoms. The number of carbonyl (C=O) groups excluding carboxylic acids is 1. The van der Waals surface area contributed by atoms with Crippen LogP contribution in [0.15, 0.2) is 17.5 Å². The molecular formula is C15H24N2O2S2. The van der Waals surface area contributed by atoms with E-state index in [0.717, 1.165) is 11.3 Å². The van der Waals surface area contributed by atoms with E-state index in [9.17, 15) is 9.00 Å². The minimum Gasteiger partial charge on any atom is -0.320 e. The lowest BCUT2D eigenvalue weighted by atomic mass is 9.99. The maximum absolute atomic E-state index is 12.7. The molecule has 4 nitrogen and oxygen atoms in total. The molecule has 0 spiro atoms. The van der Waals surface area contributed by atoms with E-state index >= 15 is 0 Å². The molecule has 118 valence electrons. The third-order valence-corrected chi connectivity index (χ3v) is 6.45. The number of hydrogen-bond acceptors (Lipinski definition) is 4. The molecule has 21 heavy (non-hydrogen) atoms. The standard InChI is InChI=1S/C15H24N2O2S2/c1-5-10(2)13-15(18)17(9-11(3)21(4)19)14(16-13)12-7-6-8-20-12/h6-8,10-11,13-14,16H,5,9H2,1-4H3. The lowest BCUT2D eigenvalue weighted by Crippen LogP contribution is -2.38. The zero-order chi connectivity index (χ0) is 15.6. The number of carbonyl (C=O) groups is 1. The first-order chi connectivity index (χ1) is 9.95. The fourth-order valence-electron chi connectivity index (χ4n) is 2.54. The molecule has 2 heterocycles. The summed E-state index contributed by atoms with van der Waals surface area (Å²) in [5.74, 6) is 0.437. The Labute approximate surface area is 133 Å². The van der Waals surface area contributed by atoms with Crippen LogP contribution in [0.2, 0.25) is 0 Å². The Balaban J connectivity index is 2.23. The summed E-state index contributed by atoms with van der Waals surface area (Å²) in [6, 6.07) is 3.91. The molecule has 1 aliphatic rings. The van der Waals surface area contributed by atoms with E-state index in [1.54, 1.807) is 17.6 Å². The van der Waals surface area contributed by atoms with Crippen molar-refractivity contribution in [2.75, 3.05) is 12.8 Å². The lowest BCUT2D eigenvalue weighted by Gasteiger charge is -2.25. The van der Waals surface area contributed by atoms with Gasteiger partial charge in [-0.3, -0.25) is 14.3 Å². The predicted octanol–water partition coefficient (Wildman–Crippen LogP) is 2.36. The topological polar surface area (TPSA) is 49.4 Å². The van der Waals surface area contributed by atoms with Gasteiger partial charge >= 0.3 is 0 Å². The Hall–Kier alpha value is -0.720. The summed E-state index contributed by atoms with van der Waals surface area (Å²) in [5, 5.41) is 5.48. The summed E-state index contributed by atoms with van der Waals surface area (Å²) in [6.45, 7) is 6.67. The van der Waals surface area contributed by atoms with Gasteiger partial charge in [0.1, 0.15) is 6.17 Å². The van der Waals surface area contributed by atoms with Crippen molar-refractivity contribution in [1.29, 1.82) is 0 Å². The number of rotatable bonds is 6. The van der Waals surface area contributed by atoms with Gasteiger partial charge in [-0.15, -0.1) is 11.3 Å². The minimum atomic E-state index is -0.925. The highest BCUT2D eigenvalue weighted by molar-refractivity contribution is 7.84. The van der Waals surface area contributed by atoms with Crippen molar-refractivity contribution in [1.82, 2.24) is 10.2 Å². The predicted molar refractivity (Wildman–Crippen MR) is 88.7 cm³/mol. The zero-order valence-corrected chi connectivity index (χ0v) is 14.7. The van der Waals surface area contributed by atoms with Crippen LogP contribution in [0.5, 0.6) is 0 Å². The maximum Gasteiger partial charge on any atom is 0.241 e. The molecule has 0 bridgehead atoms. The SMILES string of the molecule is CCC(C)C1NC(c2cccs2)N(CC(C)S(C)=O)C1=O. The van der Waals surface area contributed by atoms with E-state index in [1.165, 1.54) is 0 Å². The van der Waals surface area contributed by atoms with Crippen LogP contribution in [0.1, 0.15) is 38.2 Å². The highest BCUT2D eigenvalue weighted by Crippen LogP contribution is 2.31. The number of amides is 1. The van der Waals surface area contributed by atoms with Crippen LogP contribution >= 0.6 is 11.3 Å². The first-order valence-electron chi connectivity index (χ1n) is 7.37. The number of thiophene rings is 1. The average Bonchev–Trinajstić information content (AvgIpc) is 3.07. The Morgan fingerprint density at radius 3 is 2.71 bits per heavy atom. The summed E-state index contributed by atoms with van der Waals surface area (Å²) in [4.78, 5) is 15.8. The van der Waals surface area contributed by atoms with Crippen molar-refractivity contribution in [3.05, 3.63) is 22.4 Å². The quantitative estimate of drug-likeness (QED) is 0.872. The summed E-state index contributed by atoms with van der Waals surface area (Å²) in [7, 11) is -0.925. The van der Waals surface area contributed by atoms with E-state index in [2.05, 4.69) is 25.2 Å². The summed E-state index contributed by atoms with van der Waals surface area (Å²) >= 11 is 1.65. The Morgan fingerprint density at radius 1 is 1.48 bits per heavy atom.